The Morgan fingerprint density at radius 1 is 1.28 bits per heavy atom. The first-order chi connectivity index (χ1) is 13.4. The molecule has 0 aliphatic carbocycles. The Balaban J connectivity index is 0.00000160. The Hall–Kier alpha value is -1.71. The fourth-order valence-corrected chi connectivity index (χ4v) is 4.32. The number of amides is 2. The van der Waals surface area contributed by atoms with Crippen LogP contribution in [0.2, 0.25) is 0 Å². The topological polar surface area (TPSA) is 107 Å². The number of benzene rings is 1. The van der Waals surface area contributed by atoms with E-state index in [4.69, 9.17) is 4.74 Å². The number of fused-ring (bicyclic) bond motifs is 1. The summed E-state index contributed by atoms with van der Waals surface area (Å²) >= 11 is 0. The first-order valence-corrected chi connectivity index (χ1v) is 9.35. The molecule has 3 atom stereocenters. The van der Waals surface area contributed by atoms with Crippen molar-refractivity contribution in [3.8, 4) is 0 Å². The summed E-state index contributed by atoms with van der Waals surface area (Å²) in [4.78, 5) is 40.0. The molecule has 2 fully saturated rings. The Bertz CT molecular complexity index is 884. The van der Waals surface area contributed by atoms with Crippen molar-refractivity contribution in [1.29, 1.82) is 0 Å². The van der Waals surface area contributed by atoms with E-state index >= 15 is 0 Å². The van der Waals surface area contributed by atoms with Crippen LogP contribution in [-0.2, 0) is 14.3 Å². The molecule has 0 bridgehead atoms. The molecule has 1 aromatic rings. The second-order valence-electron chi connectivity index (χ2n) is 7.36. The minimum absolute atomic E-state index is 0. The van der Waals surface area contributed by atoms with Gasteiger partial charge in [0, 0.05) is 18.7 Å². The third-order valence-electron chi connectivity index (χ3n) is 5.69. The molecule has 3 heterocycles. The number of rotatable bonds is 4. The molecule has 29 heavy (non-hydrogen) atoms. The van der Waals surface area contributed by atoms with Crippen molar-refractivity contribution in [3.63, 3.8) is 0 Å². The zero-order valence-corrected chi connectivity index (χ0v) is 18.5. The minimum atomic E-state index is -1.18. The summed E-state index contributed by atoms with van der Waals surface area (Å²) in [6, 6.07) is 6.51. The molecule has 0 saturated carbocycles. The molecule has 2 saturated heterocycles. The van der Waals surface area contributed by atoms with Gasteiger partial charge in [-0.05, 0) is 36.6 Å². The standard InChI is InChI=1S/C20H22N2O6.Na.H/c1-11(23)16-15-10-14(17(20(26)27)22(15)19(16)25)12-3-2-4-13(9-12)18(24)21-5-7-28-8-6-21;;/h2-4,9,11,15-16,23H,5-8,10H2,1H3,(H,26,27);;/q;+1;-1/t11-,15-,16-;;/m1../s1. The number of morpholine rings is 1. The second-order valence-corrected chi connectivity index (χ2v) is 7.36. The zero-order chi connectivity index (χ0) is 20.0. The molecule has 1 aromatic carbocycles. The Labute approximate surface area is 191 Å². The first-order valence-electron chi connectivity index (χ1n) is 9.35. The number of aliphatic hydroxyl groups is 1. The summed E-state index contributed by atoms with van der Waals surface area (Å²) in [5.74, 6) is -2.26. The van der Waals surface area contributed by atoms with E-state index in [0.717, 1.165) is 0 Å². The molecule has 0 aromatic heterocycles. The zero-order valence-electron chi connectivity index (χ0n) is 17.5. The van der Waals surface area contributed by atoms with Crippen molar-refractivity contribution in [2.24, 2.45) is 5.92 Å². The van der Waals surface area contributed by atoms with Gasteiger partial charge in [0.15, 0.2) is 0 Å². The molecule has 0 unspecified atom stereocenters. The Morgan fingerprint density at radius 2 is 1.97 bits per heavy atom. The average Bonchev–Trinajstić information content (AvgIpc) is 3.03. The van der Waals surface area contributed by atoms with Gasteiger partial charge in [-0.3, -0.25) is 9.59 Å². The van der Waals surface area contributed by atoms with E-state index in [1.807, 2.05) is 0 Å². The molecule has 9 heteroatoms. The molecule has 3 aliphatic heterocycles. The predicted molar refractivity (Wildman–Crippen MR) is 99.3 cm³/mol. The molecule has 0 spiro atoms. The molecule has 2 amide bonds. The van der Waals surface area contributed by atoms with Crippen molar-refractivity contribution >= 4 is 23.4 Å². The third kappa shape index (κ3) is 3.75. The normalized spacial score (nSPS) is 24.6. The fourth-order valence-electron chi connectivity index (χ4n) is 4.32. The number of hydrogen-bond donors (Lipinski definition) is 2. The van der Waals surface area contributed by atoms with Crippen LogP contribution in [0.25, 0.3) is 5.57 Å². The van der Waals surface area contributed by atoms with Crippen molar-refractivity contribution in [1.82, 2.24) is 9.80 Å². The summed E-state index contributed by atoms with van der Waals surface area (Å²) in [7, 11) is 0. The van der Waals surface area contributed by atoms with E-state index in [1.165, 1.54) is 4.90 Å². The number of carboxylic acid groups (broad SMARTS) is 1. The molecular formula is C20H23N2NaO6. The molecular weight excluding hydrogens is 387 g/mol. The smallest absolute Gasteiger partial charge is 1.00 e. The molecule has 0 radical (unpaired) electrons. The van der Waals surface area contributed by atoms with Crippen LogP contribution < -0.4 is 29.6 Å². The van der Waals surface area contributed by atoms with Gasteiger partial charge in [-0.1, -0.05) is 12.1 Å². The van der Waals surface area contributed by atoms with Crippen LogP contribution >= 0.6 is 0 Å². The maximum atomic E-state index is 12.8. The predicted octanol–water partition coefficient (Wildman–Crippen LogP) is -2.32. The average molecular weight is 410 g/mol. The largest absolute Gasteiger partial charge is 1.00 e. The molecule has 2 N–H and O–H groups in total. The van der Waals surface area contributed by atoms with Crippen molar-refractivity contribution in [3.05, 3.63) is 41.1 Å². The van der Waals surface area contributed by atoms with Crippen LogP contribution in [0, 0.1) is 5.92 Å². The van der Waals surface area contributed by atoms with Crippen LogP contribution in [0.5, 0.6) is 0 Å². The summed E-state index contributed by atoms with van der Waals surface area (Å²) in [6.45, 7) is 3.58. The van der Waals surface area contributed by atoms with Crippen LogP contribution in [0.1, 0.15) is 30.7 Å². The van der Waals surface area contributed by atoms with E-state index in [0.29, 0.717) is 49.4 Å². The van der Waals surface area contributed by atoms with Crippen LogP contribution in [0.4, 0.5) is 0 Å². The number of β-lactam (4-membered cyclic amide) rings is 1. The molecule has 3 aliphatic rings. The quantitative estimate of drug-likeness (QED) is 0.427. The maximum Gasteiger partial charge on any atom is 1.00 e. The summed E-state index contributed by atoms with van der Waals surface area (Å²) < 4.78 is 5.28. The van der Waals surface area contributed by atoms with E-state index in [9.17, 15) is 24.6 Å². The van der Waals surface area contributed by atoms with Gasteiger partial charge in [-0.25, -0.2) is 4.79 Å². The Kier molecular flexibility index (Phi) is 6.50. The van der Waals surface area contributed by atoms with E-state index < -0.39 is 18.0 Å². The SMILES string of the molecule is C[C@@H](O)[C@H]1C(=O)N2C(C(=O)O)=C(c3cccc(C(=O)N4CCOCC4)c3)C[C@H]12.[H-].[Na+]. The number of ether oxygens (including phenoxy) is 1. The van der Waals surface area contributed by atoms with Gasteiger partial charge in [0.1, 0.15) is 5.70 Å². The number of carbonyl (C=O) groups is 3. The fraction of sp³-hybridized carbons (Fsp3) is 0.450. The van der Waals surface area contributed by atoms with Gasteiger partial charge in [0.25, 0.3) is 5.91 Å². The first kappa shape index (κ1) is 22.0. The number of carbonyl (C=O) groups excluding carboxylic acids is 2. The van der Waals surface area contributed by atoms with Crippen molar-refractivity contribution < 1.29 is 60.3 Å². The maximum absolute atomic E-state index is 12.8. The van der Waals surface area contributed by atoms with Gasteiger partial charge in [0.05, 0.1) is 31.3 Å². The summed E-state index contributed by atoms with van der Waals surface area (Å²) in [6.07, 6.45) is -0.490. The number of hydrogen-bond acceptors (Lipinski definition) is 5. The number of nitrogens with zero attached hydrogens (tertiary/aromatic N) is 2. The molecule has 8 nitrogen and oxygen atoms in total. The number of aliphatic hydroxyl groups excluding tert-OH is 1. The van der Waals surface area contributed by atoms with Gasteiger partial charge >= 0.3 is 35.5 Å². The van der Waals surface area contributed by atoms with Crippen LogP contribution in [0.3, 0.4) is 0 Å². The molecule has 150 valence electrons. The van der Waals surface area contributed by atoms with Gasteiger partial charge < -0.3 is 26.2 Å². The van der Waals surface area contributed by atoms with Gasteiger partial charge in [0.2, 0.25) is 5.91 Å². The second kappa shape index (κ2) is 8.57. The Morgan fingerprint density at radius 3 is 2.59 bits per heavy atom. The number of carboxylic acids is 1. The van der Waals surface area contributed by atoms with Crippen LogP contribution in [-0.4, -0.2) is 76.2 Å². The van der Waals surface area contributed by atoms with Gasteiger partial charge in [-0.15, -0.1) is 0 Å². The van der Waals surface area contributed by atoms with E-state index in [2.05, 4.69) is 0 Å². The van der Waals surface area contributed by atoms with Crippen molar-refractivity contribution in [2.75, 3.05) is 26.3 Å². The number of aliphatic carboxylic acids is 1. The van der Waals surface area contributed by atoms with Crippen LogP contribution in [0.15, 0.2) is 30.0 Å². The van der Waals surface area contributed by atoms with Crippen molar-refractivity contribution in [2.45, 2.75) is 25.5 Å². The summed E-state index contributed by atoms with van der Waals surface area (Å²) in [5.41, 5.74) is 1.56. The molecule has 4 rings (SSSR count). The minimum Gasteiger partial charge on any atom is -1.00 e. The van der Waals surface area contributed by atoms with E-state index in [1.54, 1.807) is 36.1 Å². The van der Waals surface area contributed by atoms with E-state index in [-0.39, 0.29) is 54.5 Å². The third-order valence-corrected chi connectivity index (χ3v) is 5.69. The summed E-state index contributed by atoms with van der Waals surface area (Å²) in [5, 5.41) is 19.5. The van der Waals surface area contributed by atoms with Gasteiger partial charge in [-0.2, -0.15) is 0 Å². The monoisotopic (exact) mass is 410 g/mol.